The van der Waals surface area contributed by atoms with E-state index >= 15 is 0 Å². The van der Waals surface area contributed by atoms with E-state index in [0.717, 1.165) is 25.7 Å². The number of nitrogens with one attached hydrogen (secondary N) is 4. The Labute approximate surface area is 199 Å². The van der Waals surface area contributed by atoms with Gasteiger partial charge in [-0.1, -0.05) is 36.0 Å². The zero-order valence-electron chi connectivity index (χ0n) is 17.3. The Kier molecular flexibility index (Phi) is 8.45. The summed E-state index contributed by atoms with van der Waals surface area (Å²) < 4.78 is 5.43. The van der Waals surface area contributed by atoms with Gasteiger partial charge in [0.1, 0.15) is 11.5 Å². The molecule has 0 radical (unpaired) electrons. The van der Waals surface area contributed by atoms with E-state index in [-0.39, 0.29) is 23.4 Å². The van der Waals surface area contributed by atoms with E-state index in [1.807, 2.05) is 0 Å². The van der Waals surface area contributed by atoms with E-state index in [9.17, 15) is 19.2 Å². The molecule has 0 atom stereocenters. The quantitative estimate of drug-likeness (QED) is 0.277. The van der Waals surface area contributed by atoms with E-state index in [0.29, 0.717) is 16.5 Å². The number of carbonyl (C=O) groups is 4. The van der Waals surface area contributed by atoms with Gasteiger partial charge in [-0.05, 0) is 43.2 Å². The molecule has 1 aromatic carbocycles. The second kappa shape index (κ2) is 11.5. The summed E-state index contributed by atoms with van der Waals surface area (Å²) in [5.41, 5.74) is 2.45. The molecule has 1 fully saturated rings. The lowest BCUT2D eigenvalue weighted by atomic mass is 10.2. The number of carbonyl (C=O) groups excluding carboxylic acids is 4. The van der Waals surface area contributed by atoms with Crippen molar-refractivity contribution in [1.82, 2.24) is 16.1 Å². The smallest absolute Gasteiger partial charge is 0.329 e. The molecule has 0 spiro atoms. The minimum atomic E-state index is -0.889. The average molecular weight is 494 g/mol. The Hall–Kier alpha value is -3.37. The van der Waals surface area contributed by atoms with Gasteiger partial charge in [-0.25, -0.2) is 5.43 Å². The van der Waals surface area contributed by atoms with E-state index < -0.39 is 23.6 Å². The molecule has 33 heavy (non-hydrogen) atoms. The monoisotopic (exact) mass is 493 g/mol. The second-order valence-corrected chi connectivity index (χ2v) is 8.04. The Morgan fingerprint density at radius 1 is 0.970 bits per heavy atom. The van der Waals surface area contributed by atoms with E-state index in [4.69, 9.17) is 27.6 Å². The van der Waals surface area contributed by atoms with Crippen LogP contribution in [0.3, 0.4) is 0 Å². The summed E-state index contributed by atoms with van der Waals surface area (Å²) in [7, 11) is 0. The minimum Gasteiger partial charge on any atom is -0.458 e. The van der Waals surface area contributed by atoms with Crippen LogP contribution < -0.4 is 21.4 Å². The first-order valence-electron chi connectivity index (χ1n) is 10.1. The number of rotatable bonds is 6. The molecule has 1 aromatic heterocycles. The third-order valence-electron chi connectivity index (χ3n) is 4.74. The number of halogens is 2. The number of nitrogens with zero attached hydrogens (tertiary/aromatic N) is 1. The molecule has 174 valence electrons. The fourth-order valence-electron chi connectivity index (χ4n) is 3.09. The van der Waals surface area contributed by atoms with Gasteiger partial charge in [0.05, 0.1) is 22.8 Å². The van der Waals surface area contributed by atoms with Crippen molar-refractivity contribution in [1.29, 1.82) is 0 Å². The van der Waals surface area contributed by atoms with Crippen LogP contribution in [0.25, 0.3) is 0 Å². The molecule has 0 unspecified atom stereocenters. The number of furan rings is 1. The highest BCUT2D eigenvalue weighted by molar-refractivity contribution is 6.43. The van der Waals surface area contributed by atoms with Crippen LogP contribution >= 0.6 is 23.2 Å². The fraction of sp³-hybridized carbons (Fsp3) is 0.286. The molecule has 3 rings (SSSR count). The molecule has 0 aliphatic heterocycles. The highest BCUT2D eigenvalue weighted by atomic mass is 35.5. The lowest BCUT2D eigenvalue weighted by molar-refractivity contribution is -0.139. The highest BCUT2D eigenvalue weighted by Crippen LogP contribution is 2.24. The molecule has 10 nitrogen and oxygen atoms in total. The Balaban J connectivity index is 1.41. The van der Waals surface area contributed by atoms with Crippen LogP contribution in [0.1, 0.15) is 37.2 Å². The van der Waals surface area contributed by atoms with E-state index in [2.05, 4.69) is 26.5 Å². The fourth-order valence-corrected chi connectivity index (χ4v) is 3.39. The van der Waals surface area contributed by atoms with Gasteiger partial charge >= 0.3 is 23.6 Å². The number of hydrogen-bond acceptors (Lipinski definition) is 6. The van der Waals surface area contributed by atoms with Crippen molar-refractivity contribution < 1.29 is 23.6 Å². The van der Waals surface area contributed by atoms with Crippen LogP contribution in [0.15, 0.2) is 39.9 Å². The van der Waals surface area contributed by atoms with Crippen LogP contribution in [0.2, 0.25) is 10.0 Å². The van der Waals surface area contributed by atoms with Gasteiger partial charge < -0.3 is 20.4 Å². The standard InChI is InChI=1S/C21H21Cl2N5O5/c22-16-8-5-13(9-17(16)23)27-19(30)18(29)24-10-14-6-7-15(33-14)11-25-28-21(32)20(31)26-12-3-1-2-4-12/h5-9,11-12H,1-4,10H2,(H,24,29)(H,26,31)(H,27,30)(H,28,32)/b25-11+. The maximum absolute atomic E-state index is 12.0. The number of anilines is 1. The van der Waals surface area contributed by atoms with Crippen molar-refractivity contribution in [3.63, 3.8) is 0 Å². The summed E-state index contributed by atoms with van der Waals surface area (Å²) >= 11 is 11.7. The van der Waals surface area contributed by atoms with E-state index in [1.54, 1.807) is 12.1 Å². The Morgan fingerprint density at radius 2 is 1.73 bits per heavy atom. The molecule has 1 aliphatic carbocycles. The van der Waals surface area contributed by atoms with Gasteiger partial charge in [0.25, 0.3) is 0 Å². The normalized spacial score (nSPS) is 13.6. The number of hydrazone groups is 1. The third kappa shape index (κ3) is 7.33. The second-order valence-electron chi connectivity index (χ2n) is 7.22. The number of benzene rings is 1. The molecule has 1 heterocycles. The van der Waals surface area contributed by atoms with E-state index in [1.165, 1.54) is 24.4 Å². The number of hydrogen-bond donors (Lipinski definition) is 4. The average Bonchev–Trinajstić information content (AvgIpc) is 3.46. The lowest BCUT2D eigenvalue weighted by Gasteiger charge is -2.09. The van der Waals surface area contributed by atoms with Crippen LogP contribution in [-0.4, -0.2) is 35.9 Å². The molecule has 0 bridgehead atoms. The van der Waals surface area contributed by atoms with Gasteiger partial charge in [0.15, 0.2) is 0 Å². The van der Waals surface area contributed by atoms with Gasteiger partial charge in [-0.15, -0.1) is 0 Å². The van der Waals surface area contributed by atoms with Crippen LogP contribution in [0.5, 0.6) is 0 Å². The van der Waals surface area contributed by atoms with Crippen LogP contribution in [0.4, 0.5) is 5.69 Å². The first-order chi connectivity index (χ1) is 15.8. The summed E-state index contributed by atoms with van der Waals surface area (Å²) in [6, 6.07) is 7.56. The maximum atomic E-state index is 12.0. The number of amides is 4. The predicted octanol–water partition coefficient (Wildman–Crippen LogP) is 2.35. The molecule has 12 heteroatoms. The Morgan fingerprint density at radius 3 is 2.45 bits per heavy atom. The summed E-state index contributed by atoms with van der Waals surface area (Å²) in [6.45, 7) is -0.0579. The highest BCUT2D eigenvalue weighted by Gasteiger charge is 2.21. The molecule has 0 saturated heterocycles. The summed E-state index contributed by atoms with van der Waals surface area (Å²) in [5.74, 6) is -2.76. The summed E-state index contributed by atoms with van der Waals surface area (Å²) in [6.07, 6.45) is 5.01. The van der Waals surface area contributed by atoms with Gasteiger partial charge in [0.2, 0.25) is 0 Å². The van der Waals surface area contributed by atoms with Crippen molar-refractivity contribution >= 4 is 58.7 Å². The van der Waals surface area contributed by atoms with Gasteiger partial charge in [-0.2, -0.15) is 5.10 Å². The topological polar surface area (TPSA) is 142 Å². The molecule has 1 aliphatic rings. The maximum Gasteiger partial charge on any atom is 0.329 e. The van der Waals surface area contributed by atoms with Gasteiger partial charge in [0, 0.05) is 11.7 Å². The first kappa shape index (κ1) is 24.3. The predicted molar refractivity (Wildman–Crippen MR) is 122 cm³/mol. The van der Waals surface area contributed by atoms with Crippen LogP contribution in [-0.2, 0) is 25.7 Å². The zero-order valence-corrected chi connectivity index (χ0v) is 18.8. The lowest BCUT2D eigenvalue weighted by Crippen LogP contribution is -2.42. The Bertz CT molecular complexity index is 1080. The molecule has 4 amide bonds. The third-order valence-corrected chi connectivity index (χ3v) is 5.48. The molecule has 1 saturated carbocycles. The summed E-state index contributed by atoms with van der Waals surface area (Å²) in [4.78, 5) is 47.5. The zero-order chi connectivity index (χ0) is 23.8. The molecule has 4 N–H and O–H groups in total. The summed E-state index contributed by atoms with van der Waals surface area (Å²) in [5, 5.41) is 11.7. The first-order valence-corrected chi connectivity index (χ1v) is 10.8. The molecular formula is C21H21Cl2N5O5. The van der Waals surface area contributed by atoms with Crippen molar-refractivity contribution in [2.75, 3.05) is 5.32 Å². The minimum absolute atomic E-state index is 0.0288. The SMILES string of the molecule is O=C(NCc1ccc(/C=N/NC(=O)C(=O)NC2CCCC2)o1)C(=O)Nc1ccc(Cl)c(Cl)c1. The largest absolute Gasteiger partial charge is 0.458 e. The van der Waals surface area contributed by atoms with Crippen LogP contribution in [0, 0.1) is 0 Å². The van der Waals surface area contributed by atoms with Crippen molar-refractivity contribution in [2.24, 2.45) is 5.10 Å². The molecule has 2 aromatic rings. The van der Waals surface area contributed by atoms with Gasteiger partial charge in [-0.3, -0.25) is 19.2 Å². The van der Waals surface area contributed by atoms with Crippen molar-refractivity contribution in [2.45, 2.75) is 38.3 Å². The van der Waals surface area contributed by atoms with Crippen molar-refractivity contribution in [3.05, 3.63) is 51.9 Å². The molecular weight excluding hydrogens is 473 g/mol. The van der Waals surface area contributed by atoms with Crippen molar-refractivity contribution in [3.8, 4) is 0 Å².